The van der Waals surface area contributed by atoms with E-state index in [1.165, 1.54) is 7.11 Å². The van der Waals surface area contributed by atoms with Crippen LogP contribution in [0.5, 0.6) is 11.5 Å². The first kappa shape index (κ1) is 17.9. The van der Waals surface area contributed by atoms with Gasteiger partial charge in [0.15, 0.2) is 0 Å². The van der Waals surface area contributed by atoms with Gasteiger partial charge in [0.05, 0.1) is 20.8 Å². The minimum Gasteiger partial charge on any atom is -0.497 e. The Morgan fingerprint density at radius 3 is 2.33 bits per heavy atom. The molecule has 1 heterocycles. The average Bonchev–Trinajstić information content (AvgIpc) is 2.65. The van der Waals surface area contributed by atoms with E-state index in [-0.39, 0.29) is 17.9 Å². The van der Waals surface area contributed by atoms with Gasteiger partial charge in [-0.05, 0) is 37.1 Å². The number of nitrogens with zero attached hydrogens (tertiary/aromatic N) is 1. The Bertz CT molecular complexity index is 538. The molecule has 0 atom stereocenters. The van der Waals surface area contributed by atoms with Crippen molar-refractivity contribution in [3.63, 3.8) is 0 Å². The second-order valence-electron chi connectivity index (χ2n) is 5.55. The predicted octanol–water partition coefficient (Wildman–Crippen LogP) is 1.67. The highest BCUT2D eigenvalue weighted by atomic mass is 16.5. The van der Waals surface area contributed by atoms with Gasteiger partial charge in [0, 0.05) is 19.0 Å². The van der Waals surface area contributed by atoms with Crippen molar-refractivity contribution in [3.8, 4) is 11.5 Å². The van der Waals surface area contributed by atoms with E-state index in [1.807, 2.05) is 24.3 Å². The summed E-state index contributed by atoms with van der Waals surface area (Å²) in [6.45, 7) is 1.95. The molecule has 2 rings (SSSR count). The van der Waals surface area contributed by atoms with E-state index in [0.717, 1.165) is 11.5 Å². The van der Waals surface area contributed by atoms with E-state index in [4.69, 9.17) is 9.47 Å². The number of benzene rings is 1. The lowest BCUT2D eigenvalue weighted by atomic mass is 9.96. The molecule has 0 aliphatic carbocycles. The molecule has 0 saturated carbocycles. The van der Waals surface area contributed by atoms with Crippen LogP contribution in [0.1, 0.15) is 12.8 Å². The summed E-state index contributed by atoms with van der Waals surface area (Å²) in [4.78, 5) is 25.2. The third kappa shape index (κ3) is 5.04. The SMILES string of the molecule is COC(=O)N1CCC(C(=O)NCCOc2ccc(OC)cc2)CC1. The fraction of sp³-hybridized carbons (Fsp3) is 0.529. The first-order valence-corrected chi connectivity index (χ1v) is 8.01. The topological polar surface area (TPSA) is 77.1 Å². The van der Waals surface area contributed by atoms with Crippen LogP contribution in [-0.2, 0) is 9.53 Å². The van der Waals surface area contributed by atoms with Gasteiger partial charge in [0.25, 0.3) is 0 Å². The van der Waals surface area contributed by atoms with Gasteiger partial charge in [-0.1, -0.05) is 0 Å². The van der Waals surface area contributed by atoms with Crippen LogP contribution in [0.15, 0.2) is 24.3 Å². The molecular formula is C17H24N2O5. The maximum atomic E-state index is 12.1. The van der Waals surface area contributed by atoms with Gasteiger partial charge >= 0.3 is 6.09 Å². The van der Waals surface area contributed by atoms with Gasteiger partial charge in [-0.15, -0.1) is 0 Å². The van der Waals surface area contributed by atoms with Gasteiger partial charge < -0.3 is 24.4 Å². The Morgan fingerprint density at radius 2 is 1.75 bits per heavy atom. The highest BCUT2D eigenvalue weighted by Gasteiger charge is 2.27. The molecule has 1 aromatic rings. The summed E-state index contributed by atoms with van der Waals surface area (Å²) in [5.74, 6) is 1.45. The van der Waals surface area contributed by atoms with E-state index in [2.05, 4.69) is 10.1 Å². The molecule has 0 radical (unpaired) electrons. The van der Waals surface area contributed by atoms with E-state index < -0.39 is 0 Å². The molecule has 1 fully saturated rings. The van der Waals surface area contributed by atoms with Crippen LogP contribution >= 0.6 is 0 Å². The predicted molar refractivity (Wildman–Crippen MR) is 88.2 cm³/mol. The summed E-state index contributed by atoms with van der Waals surface area (Å²) < 4.78 is 15.3. The zero-order valence-corrected chi connectivity index (χ0v) is 14.1. The number of likely N-dealkylation sites (tertiary alicyclic amines) is 1. The Kier molecular flexibility index (Phi) is 6.72. The number of carbonyl (C=O) groups excluding carboxylic acids is 2. The molecule has 1 aliphatic rings. The number of ether oxygens (including phenoxy) is 3. The van der Waals surface area contributed by atoms with Crippen LogP contribution in [-0.4, -0.2) is 57.4 Å². The summed E-state index contributed by atoms with van der Waals surface area (Å²) in [5, 5.41) is 2.88. The standard InChI is InChI=1S/C17H24N2O5/c1-22-14-3-5-15(6-4-14)24-12-9-18-16(20)13-7-10-19(11-8-13)17(21)23-2/h3-6,13H,7-12H2,1-2H3,(H,18,20). The summed E-state index contributed by atoms with van der Waals surface area (Å²) in [6, 6.07) is 7.29. The molecule has 1 aromatic carbocycles. The third-order valence-electron chi connectivity index (χ3n) is 4.03. The van der Waals surface area contributed by atoms with Crippen LogP contribution < -0.4 is 14.8 Å². The van der Waals surface area contributed by atoms with E-state index in [0.29, 0.717) is 39.1 Å². The number of piperidine rings is 1. The van der Waals surface area contributed by atoms with E-state index >= 15 is 0 Å². The highest BCUT2D eigenvalue weighted by Crippen LogP contribution is 2.18. The maximum absolute atomic E-state index is 12.1. The lowest BCUT2D eigenvalue weighted by molar-refractivity contribution is -0.126. The number of hydrogen-bond acceptors (Lipinski definition) is 5. The second kappa shape index (κ2) is 9.00. The van der Waals surface area contributed by atoms with E-state index in [9.17, 15) is 9.59 Å². The zero-order valence-electron chi connectivity index (χ0n) is 14.1. The number of amides is 2. The molecule has 1 N–H and O–H groups in total. The molecule has 1 saturated heterocycles. The lowest BCUT2D eigenvalue weighted by Gasteiger charge is -2.30. The van der Waals surface area contributed by atoms with Crippen LogP contribution in [0.3, 0.4) is 0 Å². The number of hydrogen-bond donors (Lipinski definition) is 1. The van der Waals surface area contributed by atoms with Gasteiger partial charge in [-0.25, -0.2) is 4.79 Å². The molecule has 2 amide bonds. The lowest BCUT2D eigenvalue weighted by Crippen LogP contribution is -2.43. The number of rotatable bonds is 6. The minimum atomic E-state index is -0.332. The van der Waals surface area contributed by atoms with Crippen molar-refractivity contribution >= 4 is 12.0 Å². The van der Waals surface area contributed by atoms with Gasteiger partial charge in [0.2, 0.25) is 5.91 Å². The number of carbonyl (C=O) groups is 2. The van der Waals surface area contributed by atoms with Crippen LogP contribution in [0.4, 0.5) is 4.79 Å². The van der Waals surface area contributed by atoms with E-state index in [1.54, 1.807) is 12.0 Å². The van der Waals surface area contributed by atoms with Crippen molar-refractivity contribution in [2.45, 2.75) is 12.8 Å². The summed E-state index contributed by atoms with van der Waals surface area (Å²) >= 11 is 0. The zero-order chi connectivity index (χ0) is 17.4. The first-order valence-electron chi connectivity index (χ1n) is 8.01. The maximum Gasteiger partial charge on any atom is 0.409 e. The van der Waals surface area contributed by atoms with Crippen molar-refractivity contribution < 1.29 is 23.8 Å². The fourth-order valence-electron chi connectivity index (χ4n) is 2.61. The largest absolute Gasteiger partial charge is 0.497 e. The number of nitrogens with one attached hydrogen (secondary N) is 1. The Hall–Kier alpha value is -2.44. The first-order chi connectivity index (χ1) is 11.6. The molecule has 24 heavy (non-hydrogen) atoms. The van der Waals surface area contributed by atoms with Crippen molar-refractivity contribution in [2.75, 3.05) is 40.5 Å². The monoisotopic (exact) mass is 336 g/mol. The van der Waals surface area contributed by atoms with Crippen LogP contribution in [0.25, 0.3) is 0 Å². The minimum absolute atomic E-state index is 0.0119. The van der Waals surface area contributed by atoms with Crippen molar-refractivity contribution in [2.24, 2.45) is 5.92 Å². The molecule has 0 aromatic heterocycles. The van der Waals surface area contributed by atoms with Crippen molar-refractivity contribution in [3.05, 3.63) is 24.3 Å². The molecular weight excluding hydrogens is 312 g/mol. The van der Waals surface area contributed by atoms with Crippen molar-refractivity contribution in [1.82, 2.24) is 10.2 Å². The van der Waals surface area contributed by atoms with Gasteiger partial charge in [-0.3, -0.25) is 4.79 Å². The summed E-state index contributed by atoms with van der Waals surface area (Å²) in [6.07, 6.45) is 0.974. The molecule has 1 aliphatic heterocycles. The molecule has 0 unspecified atom stereocenters. The molecule has 7 nitrogen and oxygen atoms in total. The van der Waals surface area contributed by atoms with Gasteiger partial charge in [0.1, 0.15) is 18.1 Å². The highest BCUT2D eigenvalue weighted by molar-refractivity contribution is 5.79. The van der Waals surface area contributed by atoms with Crippen LogP contribution in [0.2, 0.25) is 0 Å². The average molecular weight is 336 g/mol. The van der Waals surface area contributed by atoms with Crippen LogP contribution in [0, 0.1) is 5.92 Å². The second-order valence-corrected chi connectivity index (χ2v) is 5.55. The Labute approximate surface area is 141 Å². The molecule has 132 valence electrons. The quantitative estimate of drug-likeness (QED) is 0.800. The normalized spacial score (nSPS) is 14.8. The third-order valence-corrected chi connectivity index (χ3v) is 4.03. The van der Waals surface area contributed by atoms with Gasteiger partial charge in [-0.2, -0.15) is 0 Å². The van der Waals surface area contributed by atoms with Crippen molar-refractivity contribution in [1.29, 1.82) is 0 Å². The molecule has 0 bridgehead atoms. The molecule has 7 heteroatoms. The summed E-state index contributed by atoms with van der Waals surface area (Å²) in [5.41, 5.74) is 0. The Balaban J connectivity index is 1.64. The molecule has 0 spiro atoms. The summed E-state index contributed by atoms with van der Waals surface area (Å²) in [7, 11) is 2.98. The smallest absolute Gasteiger partial charge is 0.409 e. The fourth-order valence-corrected chi connectivity index (χ4v) is 2.61. The number of methoxy groups -OCH3 is 2. The Morgan fingerprint density at radius 1 is 1.12 bits per heavy atom.